The van der Waals surface area contributed by atoms with E-state index < -0.39 is 0 Å². The Bertz CT molecular complexity index is 823. The van der Waals surface area contributed by atoms with Gasteiger partial charge in [-0.05, 0) is 53.1 Å². The Labute approximate surface area is 148 Å². The van der Waals surface area contributed by atoms with E-state index in [1.807, 2.05) is 36.4 Å². The van der Waals surface area contributed by atoms with Crippen molar-refractivity contribution in [3.05, 3.63) is 91.0 Å². The minimum Gasteiger partial charge on any atom is -0.399 e. The van der Waals surface area contributed by atoms with Crippen molar-refractivity contribution in [3.8, 4) is 11.1 Å². The van der Waals surface area contributed by atoms with Crippen molar-refractivity contribution in [1.82, 2.24) is 0 Å². The van der Waals surface area contributed by atoms with Gasteiger partial charge in [0.2, 0.25) is 0 Å². The molecule has 0 aliphatic heterocycles. The van der Waals surface area contributed by atoms with E-state index in [-0.39, 0.29) is 0 Å². The fourth-order valence-corrected chi connectivity index (χ4v) is 2.59. The largest absolute Gasteiger partial charge is 0.399 e. The molecule has 0 saturated heterocycles. The van der Waals surface area contributed by atoms with Crippen LogP contribution in [-0.4, -0.2) is 6.61 Å². The van der Waals surface area contributed by atoms with Crippen LogP contribution in [0.25, 0.3) is 11.1 Å². The van der Waals surface area contributed by atoms with Crippen LogP contribution in [0, 0.1) is 0 Å². The highest BCUT2D eigenvalue weighted by atomic mass is 16.5. The molecule has 0 spiro atoms. The number of nitrogen functional groups attached to an aromatic ring is 1. The summed E-state index contributed by atoms with van der Waals surface area (Å²) in [7, 11) is 0. The van der Waals surface area contributed by atoms with Crippen molar-refractivity contribution in [2.45, 2.75) is 6.61 Å². The summed E-state index contributed by atoms with van der Waals surface area (Å²) >= 11 is 0. The average molecular weight is 330 g/mol. The molecule has 0 unspecified atom stereocenters. The maximum Gasteiger partial charge on any atom is 0.0721 e. The molecular weight excluding hydrogens is 308 g/mol. The normalized spacial score (nSPS) is 10.4. The van der Waals surface area contributed by atoms with Gasteiger partial charge in [-0.3, -0.25) is 0 Å². The second-order valence-electron chi connectivity index (χ2n) is 5.83. The maximum absolute atomic E-state index is 5.74. The quantitative estimate of drug-likeness (QED) is 0.347. The van der Waals surface area contributed by atoms with Crippen molar-refractivity contribution >= 4 is 17.1 Å². The summed E-state index contributed by atoms with van der Waals surface area (Å²) < 4.78 is 5.49. The summed E-state index contributed by atoms with van der Waals surface area (Å²) in [5.74, 6) is 0. The van der Waals surface area contributed by atoms with E-state index in [1.165, 1.54) is 0 Å². The lowest BCUT2D eigenvalue weighted by atomic mass is 10.1. The smallest absolute Gasteiger partial charge is 0.0721 e. The summed E-state index contributed by atoms with van der Waals surface area (Å²) in [5.41, 5.74) is 12.1. The third-order valence-corrected chi connectivity index (χ3v) is 3.85. The van der Waals surface area contributed by atoms with Crippen LogP contribution in [0.5, 0.6) is 0 Å². The van der Waals surface area contributed by atoms with Crippen LogP contribution in [0.15, 0.2) is 85.5 Å². The number of hydrogen-bond acceptors (Lipinski definition) is 3. The number of benzene rings is 3. The van der Waals surface area contributed by atoms with E-state index >= 15 is 0 Å². The van der Waals surface area contributed by atoms with Gasteiger partial charge in [-0.1, -0.05) is 42.5 Å². The van der Waals surface area contributed by atoms with Gasteiger partial charge in [-0.15, -0.1) is 6.58 Å². The lowest BCUT2D eigenvalue weighted by Crippen LogP contribution is -1.95. The third-order valence-electron chi connectivity index (χ3n) is 3.85. The molecule has 3 N–H and O–H groups in total. The van der Waals surface area contributed by atoms with Crippen LogP contribution in [-0.2, 0) is 11.3 Å². The van der Waals surface area contributed by atoms with Crippen LogP contribution in [0.1, 0.15) is 5.56 Å². The first-order chi connectivity index (χ1) is 12.2. The standard InChI is InChI=1S/C22H22N2O/c1-2-14-25-16-17-4-3-5-22(15-17)24-21-12-8-19(9-13-21)18-6-10-20(23)11-7-18/h2-13,15,24H,1,14,16,23H2. The molecule has 0 aliphatic rings. The van der Waals surface area contributed by atoms with Crippen LogP contribution < -0.4 is 11.1 Å². The first-order valence-electron chi connectivity index (χ1n) is 8.25. The van der Waals surface area contributed by atoms with Gasteiger partial charge in [0.15, 0.2) is 0 Å². The Kier molecular flexibility index (Phi) is 5.50. The second kappa shape index (κ2) is 8.18. The van der Waals surface area contributed by atoms with Crippen LogP contribution in [0.2, 0.25) is 0 Å². The van der Waals surface area contributed by atoms with Crippen molar-refractivity contribution in [2.75, 3.05) is 17.7 Å². The molecule has 25 heavy (non-hydrogen) atoms. The summed E-state index contributed by atoms with van der Waals surface area (Å²) in [6.07, 6.45) is 1.75. The molecular formula is C22H22N2O. The Morgan fingerprint density at radius 2 is 1.56 bits per heavy atom. The Hall–Kier alpha value is -3.04. The molecule has 3 aromatic rings. The molecule has 3 rings (SSSR count). The van der Waals surface area contributed by atoms with E-state index in [2.05, 4.69) is 48.3 Å². The number of ether oxygens (including phenoxy) is 1. The lowest BCUT2D eigenvalue weighted by molar-refractivity contribution is 0.149. The van der Waals surface area contributed by atoms with Crippen molar-refractivity contribution in [2.24, 2.45) is 0 Å². The topological polar surface area (TPSA) is 47.3 Å². The van der Waals surface area contributed by atoms with E-state index in [4.69, 9.17) is 10.5 Å². The predicted molar refractivity (Wildman–Crippen MR) is 106 cm³/mol. The summed E-state index contributed by atoms with van der Waals surface area (Å²) in [6, 6.07) is 24.5. The molecule has 0 aromatic heterocycles. The molecule has 3 heteroatoms. The molecule has 0 radical (unpaired) electrons. The Balaban J connectivity index is 1.68. The lowest BCUT2D eigenvalue weighted by Gasteiger charge is -2.10. The fourth-order valence-electron chi connectivity index (χ4n) is 2.59. The molecule has 0 bridgehead atoms. The number of rotatable bonds is 7. The molecule has 3 nitrogen and oxygen atoms in total. The molecule has 3 aromatic carbocycles. The van der Waals surface area contributed by atoms with E-state index in [9.17, 15) is 0 Å². The zero-order valence-corrected chi connectivity index (χ0v) is 14.1. The molecule has 0 aliphatic carbocycles. The minimum absolute atomic E-state index is 0.560. The number of anilines is 3. The van der Waals surface area contributed by atoms with E-state index in [0.29, 0.717) is 13.2 Å². The Morgan fingerprint density at radius 3 is 2.24 bits per heavy atom. The summed E-state index contributed by atoms with van der Waals surface area (Å²) in [4.78, 5) is 0. The van der Waals surface area contributed by atoms with Gasteiger partial charge in [-0.2, -0.15) is 0 Å². The maximum atomic E-state index is 5.74. The first-order valence-corrected chi connectivity index (χ1v) is 8.25. The summed E-state index contributed by atoms with van der Waals surface area (Å²) in [5, 5.41) is 3.43. The molecule has 126 valence electrons. The number of hydrogen-bond donors (Lipinski definition) is 2. The number of nitrogens with one attached hydrogen (secondary N) is 1. The van der Waals surface area contributed by atoms with E-state index in [1.54, 1.807) is 6.08 Å². The van der Waals surface area contributed by atoms with Gasteiger partial charge in [0.1, 0.15) is 0 Å². The highest BCUT2D eigenvalue weighted by Crippen LogP contribution is 2.24. The van der Waals surface area contributed by atoms with Crippen LogP contribution >= 0.6 is 0 Å². The molecule has 0 atom stereocenters. The van der Waals surface area contributed by atoms with Gasteiger partial charge in [0.05, 0.1) is 13.2 Å². The summed E-state index contributed by atoms with van der Waals surface area (Å²) in [6.45, 7) is 4.80. The van der Waals surface area contributed by atoms with Gasteiger partial charge in [-0.25, -0.2) is 0 Å². The molecule has 0 saturated carbocycles. The third kappa shape index (κ3) is 4.72. The van der Waals surface area contributed by atoms with Crippen molar-refractivity contribution in [3.63, 3.8) is 0 Å². The van der Waals surface area contributed by atoms with Gasteiger partial charge in [0.25, 0.3) is 0 Å². The fraction of sp³-hybridized carbons (Fsp3) is 0.0909. The highest BCUT2D eigenvalue weighted by Gasteiger charge is 2.00. The highest BCUT2D eigenvalue weighted by molar-refractivity contribution is 5.69. The van der Waals surface area contributed by atoms with Crippen molar-refractivity contribution < 1.29 is 4.74 Å². The SMILES string of the molecule is C=CCOCc1cccc(Nc2ccc(-c3ccc(N)cc3)cc2)c1. The van der Waals surface area contributed by atoms with E-state index in [0.717, 1.165) is 33.8 Å². The van der Waals surface area contributed by atoms with Crippen LogP contribution in [0.4, 0.5) is 17.1 Å². The minimum atomic E-state index is 0.560. The molecule has 0 heterocycles. The monoisotopic (exact) mass is 330 g/mol. The van der Waals surface area contributed by atoms with Crippen LogP contribution in [0.3, 0.4) is 0 Å². The van der Waals surface area contributed by atoms with Gasteiger partial charge >= 0.3 is 0 Å². The first kappa shape index (κ1) is 16.8. The van der Waals surface area contributed by atoms with Gasteiger partial charge in [0, 0.05) is 17.1 Å². The zero-order chi connectivity index (χ0) is 17.5. The Morgan fingerprint density at radius 1 is 0.880 bits per heavy atom. The second-order valence-corrected chi connectivity index (χ2v) is 5.83. The molecule has 0 fully saturated rings. The predicted octanol–water partition coefficient (Wildman–Crippen LogP) is 5.38. The number of nitrogens with two attached hydrogens (primary N) is 1. The van der Waals surface area contributed by atoms with Gasteiger partial charge < -0.3 is 15.8 Å². The van der Waals surface area contributed by atoms with Crippen molar-refractivity contribution in [1.29, 1.82) is 0 Å². The zero-order valence-electron chi connectivity index (χ0n) is 14.1. The molecule has 0 amide bonds. The average Bonchev–Trinajstić information content (AvgIpc) is 2.64.